The van der Waals surface area contributed by atoms with Gasteiger partial charge in [-0.2, -0.15) is 5.26 Å². The summed E-state index contributed by atoms with van der Waals surface area (Å²) >= 11 is 5.53. The van der Waals surface area contributed by atoms with Crippen LogP contribution < -0.4 is 0 Å². The molecule has 0 spiro atoms. The number of nitrogens with zero attached hydrogens (tertiary/aromatic N) is 2. The summed E-state index contributed by atoms with van der Waals surface area (Å²) in [5.74, 6) is -1.27. The maximum absolute atomic E-state index is 12.6. The van der Waals surface area contributed by atoms with Crippen molar-refractivity contribution in [1.82, 2.24) is 4.98 Å². The average molecular weight is 247 g/mol. The number of carbonyl (C=O) groups is 1. The Bertz CT molecular complexity index is 471. The first-order chi connectivity index (χ1) is 7.47. The van der Waals surface area contributed by atoms with E-state index in [2.05, 4.69) is 4.98 Å². The zero-order valence-corrected chi connectivity index (χ0v) is 8.50. The van der Waals surface area contributed by atoms with E-state index in [-0.39, 0.29) is 11.3 Å². The molecule has 0 fully saturated rings. The smallest absolute Gasteiger partial charge is 0.307 e. The Morgan fingerprint density at radius 3 is 2.75 bits per heavy atom. The molecular formula is C9H5ClF2N2O2. The molecule has 1 aromatic rings. The summed E-state index contributed by atoms with van der Waals surface area (Å²) in [6.45, 7) is 0. The van der Waals surface area contributed by atoms with Gasteiger partial charge in [0.05, 0.1) is 11.4 Å². The number of carboxylic acid groups (broad SMARTS) is 1. The van der Waals surface area contributed by atoms with Crippen LogP contribution in [0.3, 0.4) is 0 Å². The van der Waals surface area contributed by atoms with Crippen molar-refractivity contribution in [2.24, 2.45) is 0 Å². The van der Waals surface area contributed by atoms with Crippen LogP contribution >= 0.6 is 11.6 Å². The van der Waals surface area contributed by atoms with Crippen molar-refractivity contribution in [3.8, 4) is 6.07 Å². The van der Waals surface area contributed by atoms with E-state index >= 15 is 0 Å². The lowest BCUT2D eigenvalue weighted by atomic mass is 10.1. The Labute approximate surface area is 94.1 Å². The van der Waals surface area contributed by atoms with Crippen molar-refractivity contribution in [1.29, 1.82) is 5.26 Å². The minimum atomic E-state index is -2.95. The highest BCUT2D eigenvalue weighted by molar-refractivity contribution is 6.32. The van der Waals surface area contributed by atoms with Crippen LogP contribution in [0.1, 0.15) is 23.2 Å². The van der Waals surface area contributed by atoms with Gasteiger partial charge in [0, 0.05) is 11.8 Å². The molecule has 1 heterocycles. The van der Waals surface area contributed by atoms with Gasteiger partial charge >= 0.3 is 5.97 Å². The summed E-state index contributed by atoms with van der Waals surface area (Å²) in [7, 11) is 0. The second-order valence-electron chi connectivity index (χ2n) is 2.84. The van der Waals surface area contributed by atoms with E-state index in [1.54, 1.807) is 6.07 Å². The Morgan fingerprint density at radius 2 is 2.31 bits per heavy atom. The number of rotatable bonds is 3. The highest BCUT2D eigenvalue weighted by Gasteiger charge is 2.22. The molecule has 0 radical (unpaired) electrons. The molecule has 0 saturated heterocycles. The highest BCUT2D eigenvalue weighted by Crippen LogP contribution is 2.31. The molecule has 0 aliphatic heterocycles. The molecule has 7 heteroatoms. The number of alkyl halides is 2. The lowest BCUT2D eigenvalue weighted by Crippen LogP contribution is -2.06. The fourth-order valence-electron chi connectivity index (χ4n) is 1.15. The number of aliphatic carboxylic acids is 1. The van der Waals surface area contributed by atoms with E-state index in [9.17, 15) is 13.6 Å². The van der Waals surface area contributed by atoms with Gasteiger partial charge in [0.25, 0.3) is 6.43 Å². The molecule has 0 aromatic carbocycles. The second kappa shape index (κ2) is 4.86. The highest BCUT2D eigenvalue weighted by atomic mass is 35.5. The molecular weight excluding hydrogens is 242 g/mol. The number of nitriles is 1. The van der Waals surface area contributed by atoms with Crippen LogP contribution in [-0.4, -0.2) is 16.1 Å². The minimum Gasteiger partial charge on any atom is -0.481 e. The third kappa shape index (κ3) is 2.44. The van der Waals surface area contributed by atoms with Gasteiger partial charge in [0.1, 0.15) is 6.07 Å². The fraction of sp³-hybridized carbons (Fsp3) is 0.222. The summed E-state index contributed by atoms with van der Waals surface area (Å²) < 4.78 is 25.3. The lowest BCUT2D eigenvalue weighted by Gasteiger charge is -2.09. The van der Waals surface area contributed by atoms with Crippen LogP contribution in [0.5, 0.6) is 0 Å². The van der Waals surface area contributed by atoms with Crippen molar-refractivity contribution in [3.63, 3.8) is 0 Å². The molecule has 0 amide bonds. The SMILES string of the molecule is N#Cc1ncc(CC(=O)O)c(C(F)F)c1Cl. The summed E-state index contributed by atoms with van der Waals surface area (Å²) in [6, 6.07) is 1.55. The van der Waals surface area contributed by atoms with Crippen molar-refractivity contribution >= 4 is 17.6 Å². The van der Waals surface area contributed by atoms with Gasteiger partial charge < -0.3 is 5.11 Å². The molecule has 4 nitrogen and oxygen atoms in total. The quantitative estimate of drug-likeness (QED) is 0.887. The van der Waals surface area contributed by atoms with Crippen molar-refractivity contribution < 1.29 is 18.7 Å². The van der Waals surface area contributed by atoms with Gasteiger partial charge in [-0.15, -0.1) is 0 Å². The topological polar surface area (TPSA) is 74.0 Å². The van der Waals surface area contributed by atoms with Crippen LogP contribution in [0, 0.1) is 11.3 Å². The van der Waals surface area contributed by atoms with E-state index in [0.717, 1.165) is 6.20 Å². The summed E-state index contributed by atoms with van der Waals surface area (Å²) in [4.78, 5) is 13.9. The Hall–Kier alpha value is -1.74. The van der Waals surface area contributed by atoms with Crippen molar-refractivity contribution in [3.05, 3.63) is 28.0 Å². The molecule has 0 saturated carbocycles. The van der Waals surface area contributed by atoms with Crippen molar-refractivity contribution in [2.75, 3.05) is 0 Å². The molecule has 84 valence electrons. The minimum absolute atomic E-state index is 0.188. The van der Waals surface area contributed by atoms with Gasteiger partial charge in [0.15, 0.2) is 5.69 Å². The van der Waals surface area contributed by atoms with Crippen LogP contribution in [0.2, 0.25) is 5.02 Å². The summed E-state index contributed by atoms with van der Waals surface area (Å²) in [5, 5.41) is 16.6. The molecule has 0 unspecified atom stereocenters. The van der Waals surface area contributed by atoms with Crippen molar-refractivity contribution in [2.45, 2.75) is 12.8 Å². The molecule has 1 N–H and O–H groups in total. The predicted octanol–water partition coefficient (Wildman–Crippen LogP) is 2.17. The van der Waals surface area contributed by atoms with Crippen LogP contribution in [0.15, 0.2) is 6.20 Å². The third-order valence-corrected chi connectivity index (χ3v) is 2.19. The van der Waals surface area contributed by atoms with Gasteiger partial charge in [-0.3, -0.25) is 4.79 Å². The largest absolute Gasteiger partial charge is 0.481 e. The van der Waals surface area contributed by atoms with Gasteiger partial charge in [-0.05, 0) is 5.56 Å². The predicted molar refractivity (Wildman–Crippen MR) is 50.3 cm³/mol. The maximum atomic E-state index is 12.6. The van der Waals surface area contributed by atoms with Crippen LogP contribution in [-0.2, 0) is 11.2 Å². The van der Waals surface area contributed by atoms with Gasteiger partial charge in [-0.1, -0.05) is 11.6 Å². The van der Waals surface area contributed by atoms with Crippen LogP contribution in [0.4, 0.5) is 8.78 Å². The van der Waals surface area contributed by atoms with E-state index in [1.165, 1.54) is 0 Å². The van der Waals surface area contributed by atoms with E-state index in [4.69, 9.17) is 22.0 Å². The van der Waals surface area contributed by atoms with E-state index in [1.807, 2.05) is 0 Å². The number of hydrogen-bond acceptors (Lipinski definition) is 3. The molecule has 0 bridgehead atoms. The number of hydrogen-bond donors (Lipinski definition) is 1. The number of aromatic nitrogens is 1. The summed E-state index contributed by atoms with van der Waals surface area (Å²) in [5.41, 5.74) is -1.17. The molecule has 0 atom stereocenters. The second-order valence-corrected chi connectivity index (χ2v) is 3.22. The first-order valence-corrected chi connectivity index (χ1v) is 4.42. The first-order valence-electron chi connectivity index (χ1n) is 4.04. The van der Waals surface area contributed by atoms with Crippen LogP contribution in [0.25, 0.3) is 0 Å². The van der Waals surface area contributed by atoms with E-state index in [0.29, 0.717) is 0 Å². The zero-order chi connectivity index (χ0) is 12.3. The van der Waals surface area contributed by atoms with Gasteiger partial charge in [0.2, 0.25) is 0 Å². The molecule has 16 heavy (non-hydrogen) atoms. The molecule has 1 aromatic heterocycles. The maximum Gasteiger partial charge on any atom is 0.307 e. The molecule has 1 rings (SSSR count). The standard InChI is InChI=1S/C9H5ClF2N2O2/c10-8-5(2-13)14-3-4(1-6(15)16)7(8)9(11)12/h3,9H,1H2,(H,15,16). The Morgan fingerprint density at radius 1 is 1.69 bits per heavy atom. The first kappa shape index (κ1) is 12.3. The number of pyridine rings is 1. The Kier molecular flexibility index (Phi) is 3.74. The number of carboxylic acids is 1. The van der Waals surface area contributed by atoms with Gasteiger partial charge in [-0.25, -0.2) is 13.8 Å². The molecule has 0 aliphatic rings. The Balaban J connectivity index is 3.35. The fourth-order valence-corrected chi connectivity index (χ4v) is 1.45. The summed E-state index contributed by atoms with van der Waals surface area (Å²) in [6.07, 6.45) is -2.63. The third-order valence-electron chi connectivity index (χ3n) is 1.81. The molecule has 0 aliphatic carbocycles. The zero-order valence-electron chi connectivity index (χ0n) is 7.75. The monoisotopic (exact) mass is 246 g/mol. The lowest BCUT2D eigenvalue weighted by molar-refractivity contribution is -0.136. The number of halogens is 3. The normalized spacial score (nSPS) is 10.2. The van der Waals surface area contributed by atoms with E-state index < -0.39 is 29.4 Å². The average Bonchev–Trinajstić information content (AvgIpc) is 2.16.